The van der Waals surface area contributed by atoms with Crippen molar-refractivity contribution in [1.82, 2.24) is 9.80 Å². The number of morpholine rings is 1. The standard InChI is InChI=1S/C12H16N2O2S/c1-13-4-5-16-10-8-14(7-9(10)13)12(15)11-3-2-6-17-11/h2-3,6,9-10H,4-5,7-8H2,1H3/t9-,10+/m0/s1. The highest BCUT2D eigenvalue weighted by molar-refractivity contribution is 7.12. The molecule has 0 N–H and O–H groups in total. The Bertz CT molecular complexity index is 407. The molecule has 0 bridgehead atoms. The van der Waals surface area contributed by atoms with Crippen LogP contribution in [0.1, 0.15) is 9.67 Å². The van der Waals surface area contributed by atoms with E-state index in [1.807, 2.05) is 22.4 Å². The van der Waals surface area contributed by atoms with Crippen LogP contribution in [0.4, 0.5) is 0 Å². The minimum absolute atomic E-state index is 0.145. The Labute approximate surface area is 105 Å². The summed E-state index contributed by atoms with van der Waals surface area (Å²) in [6.07, 6.45) is 0.192. The fourth-order valence-electron chi connectivity index (χ4n) is 2.58. The minimum atomic E-state index is 0.145. The fourth-order valence-corrected chi connectivity index (χ4v) is 3.27. The van der Waals surface area contributed by atoms with Gasteiger partial charge in [0.1, 0.15) is 0 Å². The summed E-state index contributed by atoms with van der Waals surface area (Å²) in [5.74, 6) is 0.145. The fraction of sp³-hybridized carbons (Fsp3) is 0.583. The van der Waals surface area contributed by atoms with Crippen molar-refractivity contribution in [2.45, 2.75) is 12.1 Å². The maximum absolute atomic E-state index is 12.2. The molecule has 1 aromatic rings. The minimum Gasteiger partial charge on any atom is -0.373 e. The van der Waals surface area contributed by atoms with E-state index in [0.717, 1.165) is 31.1 Å². The molecule has 4 nitrogen and oxygen atoms in total. The van der Waals surface area contributed by atoms with Crippen LogP contribution >= 0.6 is 11.3 Å². The Morgan fingerprint density at radius 1 is 1.53 bits per heavy atom. The summed E-state index contributed by atoms with van der Waals surface area (Å²) >= 11 is 1.51. The van der Waals surface area contributed by atoms with Crippen LogP contribution in [-0.4, -0.2) is 61.1 Å². The Morgan fingerprint density at radius 3 is 3.12 bits per heavy atom. The van der Waals surface area contributed by atoms with Gasteiger partial charge in [-0.05, 0) is 18.5 Å². The molecule has 0 saturated carbocycles. The molecule has 2 fully saturated rings. The quantitative estimate of drug-likeness (QED) is 0.744. The van der Waals surface area contributed by atoms with Gasteiger partial charge in [-0.1, -0.05) is 6.07 Å². The van der Waals surface area contributed by atoms with Crippen LogP contribution in [-0.2, 0) is 4.74 Å². The maximum Gasteiger partial charge on any atom is 0.264 e. The van der Waals surface area contributed by atoms with Crippen LogP contribution in [0, 0.1) is 0 Å². The van der Waals surface area contributed by atoms with Crippen molar-refractivity contribution in [2.75, 3.05) is 33.3 Å². The summed E-state index contributed by atoms with van der Waals surface area (Å²) in [6.45, 7) is 3.25. The van der Waals surface area contributed by atoms with Crippen molar-refractivity contribution in [3.05, 3.63) is 22.4 Å². The first-order chi connectivity index (χ1) is 8.25. The van der Waals surface area contributed by atoms with E-state index < -0.39 is 0 Å². The zero-order valence-electron chi connectivity index (χ0n) is 9.83. The first-order valence-corrected chi connectivity index (χ1v) is 6.78. The van der Waals surface area contributed by atoms with Crippen molar-refractivity contribution in [1.29, 1.82) is 0 Å². The summed E-state index contributed by atoms with van der Waals surface area (Å²) in [4.78, 5) is 17.3. The largest absolute Gasteiger partial charge is 0.373 e. The molecular formula is C12H16N2O2S. The Kier molecular flexibility index (Phi) is 2.90. The number of hydrogen-bond acceptors (Lipinski definition) is 4. The molecule has 17 heavy (non-hydrogen) atoms. The normalized spacial score (nSPS) is 29.4. The molecule has 92 valence electrons. The number of rotatable bonds is 1. The number of carbonyl (C=O) groups is 1. The number of carbonyl (C=O) groups excluding carboxylic acids is 1. The first kappa shape index (κ1) is 11.2. The molecule has 2 aliphatic heterocycles. The third-order valence-electron chi connectivity index (χ3n) is 3.60. The topological polar surface area (TPSA) is 32.8 Å². The van der Waals surface area contributed by atoms with Gasteiger partial charge < -0.3 is 9.64 Å². The molecule has 5 heteroatoms. The molecule has 2 aliphatic rings. The zero-order chi connectivity index (χ0) is 11.8. The van der Waals surface area contributed by atoms with Crippen LogP contribution in [0.3, 0.4) is 0 Å². The van der Waals surface area contributed by atoms with Gasteiger partial charge in [0.15, 0.2) is 0 Å². The summed E-state index contributed by atoms with van der Waals surface area (Å²) < 4.78 is 5.74. The number of amides is 1. The average molecular weight is 252 g/mol. The first-order valence-electron chi connectivity index (χ1n) is 5.90. The molecule has 0 radical (unpaired) electrons. The summed E-state index contributed by atoms with van der Waals surface area (Å²) in [5.41, 5.74) is 0. The Morgan fingerprint density at radius 2 is 2.41 bits per heavy atom. The number of hydrogen-bond donors (Lipinski definition) is 0. The van der Waals surface area contributed by atoms with Gasteiger partial charge in [-0.15, -0.1) is 11.3 Å². The van der Waals surface area contributed by atoms with E-state index in [2.05, 4.69) is 11.9 Å². The van der Waals surface area contributed by atoms with Crippen LogP contribution in [0.25, 0.3) is 0 Å². The molecule has 0 aromatic carbocycles. The molecule has 2 atom stereocenters. The van der Waals surface area contributed by atoms with Crippen molar-refractivity contribution in [3.8, 4) is 0 Å². The Hall–Kier alpha value is -0.910. The highest BCUT2D eigenvalue weighted by Gasteiger charge is 2.40. The highest BCUT2D eigenvalue weighted by atomic mass is 32.1. The average Bonchev–Trinajstić information content (AvgIpc) is 2.98. The van der Waals surface area contributed by atoms with E-state index in [4.69, 9.17) is 4.74 Å². The van der Waals surface area contributed by atoms with Crippen LogP contribution < -0.4 is 0 Å². The van der Waals surface area contributed by atoms with Crippen molar-refractivity contribution < 1.29 is 9.53 Å². The lowest BCUT2D eigenvalue weighted by molar-refractivity contribution is -0.0368. The summed E-state index contributed by atoms with van der Waals surface area (Å²) in [7, 11) is 2.11. The van der Waals surface area contributed by atoms with Crippen molar-refractivity contribution >= 4 is 17.2 Å². The van der Waals surface area contributed by atoms with Crippen LogP contribution in [0.5, 0.6) is 0 Å². The predicted octanol–water partition coefficient (Wildman–Crippen LogP) is 0.903. The SMILES string of the molecule is CN1CCO[C@@H]2CN(C(=O)c3cccs3)C[C@@H]21. The van der Waals surface area contributed by atoms with Gasteiger partial charge in [0.25, 0.3) is 5.91 Å². The monoisotopic (exact) mass is 252 g/mol. The molecule has 1 amide bonds. The van der Waals surface area contributed by atoms with E-state index in [-0.39, 0.29) is 12.0 Å². The molecule has 0 aliphatic carbocycles. The highest BCUT2D eigenvalue weighted by Crippen LogP contribution is 2.24. The van der Waals surface area contributed by atoms with Gasteiger partial charge in [-0.25, -0.2) is 0 Å². The van der Waals surface area contributed by atoms with Crippen molar-refractivity contribution in [3.63, 3.8) is 0 Å². The summed E-state index contributed by atoms with van der Waals surface area (Å²) in [6, 6.07) is 4.18. The Balaban J connectivity index is 1.73. The van der Waals surface area contributed by atoms with Gasteiger partial charge in [-0.3, -0.25) is 9.69 Å². The molecule has 0 unspecified atom stereocenters. The van der Waals surface area contributed by atoms with Crippen LogP contribution in [0.15, 0.2) is 17.5 Å². The number of ether oxygens (including phenoxy) is 1. The van der Waals surface area contributed by atoms with Gasteiger partial charge in [0.05, 0.1) is 23.6 Å². The van der Waals surface area contributed by atoms with E-state index >= 15 is 0 Å². The molecule has 2 saturated heterocycles. The van der Waals surface area contributed by atoms with E-state index in [1.165, 1.54) is 11.3 Å². The number of fused-ring (bicyclic) bond motifs is 1. The van der Waals surface area contributed by atoms with E-state index in [9.17, 15) is 4.79 Å². The van der Waals surface area contributed by atoms with Gasteiger partial charge in [0, 0.05) is 19.6 Å². The second-order valence-electron chi connectivity index (χ2n) is 4.64. The van der Waals surface area contributed by atoms with Gasteiger partial charge in [-0.2, -0.15) is 0 Å². The lowest BCUT2D eigenvalue weighted by Gasteiger charge is -2.33. The zero-order valence-corrected chi connectivity index (χ0v) is 10.7. The van der Waals surface area contributed by atoms with Gasteiger partial charge >= 0.3 is 0 Å². The van der Waals surface area contributed by atoms with E-state index in [0.29, 0.717) is 6.04 Å². The van der Waals surface area contributed by atoms with E-state index in [1.54, 1.807) is 0 Å². The predicted molar refractivity (Wildman–Crippen MR) is 66.4 cm³/mol. The molecule has 1 aromatic heterocycles. The van der Waals surface area contributed by atoms with Crippen molar-refractivity contribution in [2.24, 2.45) is 0 Å². The number of thiophene rings is 1. The third-order valence-corrected chi connectivity index (χ3v) is 4.46. The molecule has 0 spiro atoms. The second-order valence-corrected chi connectivity index (χ2v) is 5.59. The van der Waals surface area contributed by atoms with Gasteiger partial charge in [0.2, 0.25) is 0 Å². The number of nitrogens with zero attached hydrogens (tertiary/aromatic N) is 2. The second kappa shape index (κ2) is 4.40. The van der Waals surface area contributed by atoms with Crippen LogP contribution in [0.2, 0.25) is 0 Å². The number of likely N-dealkylation sites (tertiary alicyclic amines) is 1. The smallest absolute Gasteiger partial charge is 0.264 e. The summed E-state index contributed by atoms with van der Waals surface area (Å²) in [5, 5.41) is 1.94. The molecular weight excluding hydrogens is 236 g/mol. The molecule has 3 rings (SSSR count). The third kappa shape index (κ3) is 1.99. The lowest BCUT2D eigenvalue weighted by atomic mass is 10.1. The molecule has 3 heterocycles. The number of likely N-dealkylation sites (N-methyl/N-ethyl adjacent to an activating group) is 1. The maximum atomic E-state index is 12.2. The lowest BCUT2D eigenvalue weighted by Crippen LogP contribution is -2.48.